The normalized spacial score (nSPS) is 11.2. The van der Waals surface area contributed by atoms with Crippen LogP contribution >= 0.6 is 22.9 Å². The molecule has 0 amide bonds. The molecule has 8 nitrogen and oxygen atoms in total. The summed E-state index contributed by atoms with van der Waals surface area (Å²) in [5.41, 5.74) is 1.98. The van der Waals surface area contributed by atoms with Gasteiger partial charge in [-0.15, -0.1) is 11.3 Å². The molecule has 0 saturated carbocycles. The van der Waals surface area contributed by atoms with Crippen molar-refractivity contribution in [2.24, 2.45) is 5.41 Å². The first-order valence-electron chi connectivity index (χ1n) is 13.3. The van der Waals surface area contributed by atoms with Crippen molar-refractivity contribution in [2.75, 3.05) is 11.9 Å². The van der Waals surface area contributed by atoms with Gasteiger partial charge in [-0.05, 0) is 56.2 Å². The minimum absolute atomic E-state index is 0.224. The lowest BCUT2D eigenvalue weighted by molar-refractivity contribution is 0.0616. The van der Waals surface area contributed by atoms with E-state index in [9.17, 15) is 14.7 Å². The van der Waals surface area contributed by atoms with Crippen molar-refractivity contribution < 1.29 is 14.3 Å². The largest absolute Gasteiger partial charge is 0.472 e. The maximum absolute atomic E-state index is 13.5. The van der Waals surface area contributed by atoms with Crippen LogP contribution in [0.2, 0.25) is 4.34 Å². The molecule has 0 aliphatic heterocycles. The predicted molar refractivity (Wildman–Crippen MR) is 165 cm³/mol. The Balaban J connectivity index is 1.58. The van der Waals surface area contributed by atoms with Gasteiger partial charge in [-0.2, -0.15) is 9.78 Å². The van der Waals surface area contributed by atoms with Crippen molar-refractivity contribution in [2.45, 2.75) is 33.4 Å². The monoisotopic (exact) mass is 600 g/mol. The van der Waals surface area contributed by atoms with E-state index >= 15 is 0 Å². The number of anilines is 1. The van der Waals surface area contributed by atoms with E-state index in [0.717, 1.165) is 16.0 Å². The number of thiophene rings is 1. The number of furan rings is 1. The second-order valence-electron chi connectivity index (χ2n) is 10.4. The number of hydrogen-bond donors (Lipinski definition) is 2. The van der Waals surface area contributed by atoms with Crippen LogP contribution in [0.25, 0.3) is 11.3 Å². The van der Waals surface area contributed by atoms with Crippen molar-refractivity contribution in [1.29, 1.82) is 0 Å². The van der Waals surface area contributed by atoms with Crippen molar-refractivity contribution in [3.8, 4) is 23.1 Å². The van der Waals surface area contributed by atoms with Gasteiger partial charge in [0.05, 0.1) is 46.7 Å². The third kappa shape index (κ3) is 6.74. The van der Waals surface area contributed by atoms with Crippen LogP contribution in [0.15, 0.2) is 88.6 Å². The van der Waals surface area contributed by atoms with E-state index in [0.29, 0.717) is 46.5 Å². The summed E-state index contributed by atoms with van der Waals surface area (Å²) in [5, 5.41) is 17.8. The molecule has 0 spiro atoms. The zero-order chi connectivity index (χ0) is 29.7. The molecule has 0 aliphatic rings. The number of aryl methyl sites for hydroxylation is 2. The SMILES string of the molecule is CC(C)(CO)C(=O)n1nc(-c2cc(=O)n(CCc3ccoc3)cc2C#Cc2ccccc2)cc1NCc1ccc(Cl)s1. The minimum atomic E-state index is -1.08. The molecule has 0 unspecified atom stereocenters. The first-order chi connectivity index (χ1) is 20.2. The summed E-state index contributed by atoms with van der Waals surface area (Å²) in [6, 6.07) is 18.4. The van der Waals surface area contributed by atoms with Crippen molar-refractivity contribution in [3.63, 3.8) is 0 Å². The fraction of sp³-hybridized carbons (Fsp3) is 0.219. The standard InChI is InChI=1S/C32H29ClN4O4S/c1-32(2,21-38)31(40)37-29(34-18-25-10-11-28(33)42-25)17-27(35-37)26-16-30(39)36(14-12-23-13-15-41-20-23)19-24(26)9-8-22-6-4-3-5-7-22/h3-7,10-11,13,15-17,19-20,34,38H,12,14,18,21H2,1-2H3. The zero-order valence-corrected chi connectivity index (χ0v) is 24.7. The van der Waals surface area contributed by atoms with Crippen LogP contribution in [0.1, 0.15) is 40.2 Å². The van der Waals surface area contributed by atoms with Gasteiger partial charge in [-0.1, -0.05) is 41.6 Å². The molecule has 0 fully saturated rings. The van der Waals surface area contributed by atoms with Crippen LogP contribution in [0.5, 0.6) is 0 Å². The summed E-state index contributed by atoms with van der Waals surface area (Å²) in [7, 11) is 0. The number of carbonyl (C=O) groups is 1. The van der Waals surface area contributed by atoms with Crippen LogP contribution in [0.4, 0.5) is 5.82 Å². The molecule has 5 rings (SSSR count). The minimum Gasteiger partial charge on any atom is -0.472 e. The lowest BCUT2D eigenvalue weighted by Crippen LogP contribution is -2.34. The summed E-state index contributed by atoms with van der Waals surface area (Å²) in [4.78, 5) is 27.7. The van der Waals surface area contributed by atoms with Gasteiger partial charge in [0.1, 0.15) is 5.82 Å². The van der Waals surface area contributed by atoms with Crippen molar-refractivity contribution in [3.05, 3.63) is 116 Å². The average Bonchev–Trinajstić information content (AvgIpc) is 3.76. The van der Waals surface area contributed by atoms with Gasteiger partial charge in [0, 0.05) is 40.9 Å². The van der Waals surface area contributed by atoms with Gasteiger partial charge in [0.25, 0.3) is 11.5 Å². The Morgan fingerprint density at radius 2 is 1.95 bits per heavy atom. The highest BCUT2D eigenvalue weighted by molar-refractivity contribution is 7.16. The number of pyridine rings is 1. The molecule has 4 heterocycles. The van der Waals surface area contributed by atoms with Crippen molar-refractivity contribution in [1.82, 2.24) is 14.3 Å². The number of nitrogens with one attached hydrogen (secondary N) is 1. The van der Waals surface area contributed by atoms with Gasteiger partial charge in [-0.3, -0.25) is 9.59 Å². The number of nitrogens with zero attached hydrogens (tertiary/aromatic N) is 3. The topological polar surface area (TPSA) is 102 Å². The smallest absolute Gasteiger partial charge is 0.256 e. The molecule has 214 valence electrons. The number of rotatable bonds is 9. The van der Waals surface area contributed by atoms with Gasteiger partial charge < -0.3 is 19.4 Å². The number of aromatic nitrogens is 3. The number of aliphatic hydroxyl groups is 1. The predicted octanol–water partition coefficient (Wildman–Crippen LogP) is 5.93. The molecule has 1 aromatic carbocycles. The maximum Gasteiger partial charge on any atom is 0.256 e. The third-order valence-electron chi connectivity index (χ3n) is 6.69. The van der Waals surface area contributed by atoms with E-state index in [1.54, 1.807) is 43.2 Å². The number of halogens is 1. The molecule has 4 aromatic heterocycles. The third-order valence-corrected chi connectivity index (χ3v) is 7.92. The van der Waals surface area contributed by atoms with E-state index in [2.05, 4.69) is 22.3 Å². The number of hydrogen-bond acceptors (Lipinski definition) is 7. The van der Waals surface area contributed by atoms with Crippen LogP contribution in [0, 0.1) is 17.3 Å². The van der Waals surface area contributed by atoms with Gasteiger partial charge in [0.2, 0.25) is 0 Å². The van der Waals surface area contributed by atoms with Gasteiger partial charge in [-0.25, -0.2) is 0 Å². The average molecular weight is 601 g/mol. The first kappa shape index (κ1) is 29.1. The second-order valence-corrected chi connectivity index (χ2v) is 12.2. The summed E-state index contributed by atoms with van der Waals surface area (Å²) in [6.45, 7) is 3.79. The maximum atomic E-state index is 13.5. The van der Waals surface area contributed by atoms with Crippen molar-refractivity contribution >= 4 is 34.7 Å². The molecular weight excluding hydrogens is 572 g/mol. The first-order valence-corrected chi connectivity index (χ1v) is 14.5. The van der Waals surface area contributed by atoms with Gasteiger partial charge in [0.15, 0.2) is 0 Å². The Labute approximate surface area is 252 Å². The fourth-order valence-corrected chi connectivity index (χ4v) is 5.20. The highest BCUT2D eigenvalue weighted by Gasteiger charge is 2.31. The fourth-order valence-electron chi connectivity index (χ4n) is 4.18. The lowest BCUT2D eigenvalue weighted by atomic mass is 9.94. The summed E-state index contributed by atoms with van der Waals surface area (Å²) >= 11 is 7.53. The molecule has 2 N–H and O–H groups in total. The molecule has 42 heavy (non-hydrogen) atoms. The Kier molecular flexibility index (Phi) is 8.78. The van der Waals surface area contributed by atoms with E-state index in [-0.39, 0.29) is 12.2 Å². The zero-order valence-electron chi connectivity index (χ0n) is 23.1. The molecule has 0 saturated heterocycles. The number of aliphatic hydroxyl groups excluding tert-OH is 1. The molecular formula is C32H29ClN4O4S. The molecule has 5 aromatic rings. The van der Waals surface area contributed by atoms with Crippen LogP contribution in [0.3, 0.4) is 0 Å². The molecule has 0 aliphatic carbocycles. The number of carbonyl (C=O) groups excluding carboxylic acids is 1. The van der Waals surface area contributed by atoms with E-state index in [4.69, 9.17) is 16.0 Å². The highest BCUT2D eigenvalue weighted by Crippen LogP contribution is 2.29. The Morgan fingerprint density at radius 3 is 2.64 bits per heavy atom. The molecule has 0 radical (unpaired) electrons. The second kappa shape index (κ2) is 12.7. The van der Waals surface area contributed by atoms with E-state index < -0.39 is 11.3 Å². The Bertz CT molecular complexity index is 1810. The van der Waals surface area contributed by atoms with E-state index in [1.807, 2.05) is 48.5 Å². The molecule has 0 bridgehead atoms. The number of benzene rings is 1. The molecule has 0 atom stereocenters. The van der Waals surface area contributed by atoms with Crippen LogP contribution in [-0.2, 0) is 19.5 Å². The summed E-state index contributed by atoms with van der Waals surface area (Å²) in [5.74, 6) is 6.41. The summed E-state index contributed by atoms with van der Waals surface area (Å²) < 4.78 is 8.68. The van der Waals surface area contributed by atoms with E-state index in [1.165, 1.54) is 22.1 Å². The van der Waals surface area contributed by atoms with Gasteiger partial charge >= 0.3 is 0 Å². The Hall–Kier alpha value is -4.36. The lowest BCUT2D eigenvalue weighted by Gasteiger charge is -2.20. The van der Waals surface area contributed by atoms with Crippen LogP contribution < -0.4 is 10.9 Å². The molecule has 10 heteroatoms. The quantitative estimate of drug-likeness (QED) is 0.203. The summed E-state index contributed by atoms with van der Waals surface area (Å²) in [6.07, 6.45) is 5.60. The highest BCUT2D eigenvalue weighted by atomic mass is 35.5. The van der Waals surface area contributed by atoms with Crippen LogP contribution in [-0.4, -0.2) is 32.0 Å². The Morgan fingerprint density at radius 1 is 1.14 bits per heavy atom.